The third kappa shape index (κ3) is 9.97. The van der Waals surface area contributed by atoms with Gasteiger partial charge in [-0.1, -0.05) is 25.1 Å². The summed E-state index contributed by atoms with van der Waals surface area (Å²) in [5.74, 6) is 1.74. The summed E-state index contributed by atoms with van der Waals surface area (Å²) in [6.45, 7) is 10.5. The lowest BCUT2D eigenvalue weighted by Gasteiger charge is -2.22. The van der Waals surface area contributed by atoms with E-state index in [2.05, 4.69) is 48.3 Å². The molecule has 1 atom stereocenters. The lowest BCUT2D eigenvalue weighted by atomic mass is 10.2. The van der Waals surface area contributed by atoms with Gasteiger partial charge in [-0.3, -0.25) is 4.99 Å². The van der Waals surface area contributed by atoms with Gasteiger partial charge in [-0.05, 0) is 39.4 Å². The number of hydrogen-bond acceptors (Lipinski definition) is 3. The second-order valence-electron chi connectivity index (χ2n) is 5.59. The van der Waals surface area contributed by atoms with Crippen molar-refractivity contribution in [2.24, 2.45) is 4.99 Å². The molecule has 0 aliphatic carbocycles. The van der Waals surface area contributed by atoms with Crippen LogP contribution < -0.4 is 15.4 Å². The molecule has 0 aromatic heterocycles. The van der Waals surface area contributed by atoms with Gasteiger partial charge in [-0.15, -0.1) is 24.0 Å². The fraction of sp³-hybridized carbons (Fsp3) is 0.611. The molecule has 0 aliphatic rings. The Kier molecular flexibility index (Phi) is 13.7. The van der Waals surface area contributed by atoms with Gasteiger partial charge in [0.1, 0.15) is 12.4 Å². The summed E-state index contributed by atoms with van der Waals surface area (Å²) < 4.78 is 5.67. The first-order valence-corrected chi connectivity index (χ1v) is 8.57. The van der Waals surface area contributed by atoms with Crippen molar-refractivity contribution >= 4 is 29.9 Å². The standard InChI is InChI=1S/C18H32N4O.HI/c1-5-16(3)22(4)14-12-20-18(19-6-2)21-13-15-23-17-10-8-7-9-11-17;/h7-11,16H,5-6,12-15H2,1-4H3,(H2,19,20,21);1H. The molecule has 6 heteroatoms. The van der Waals surface area contributed by atoms with Gasteiger partial charge >= 0.3 is 0 Å². The molecular weight excluding hydrogens is 415 g/mol. The first-order chi connectivity index (χ1) is 11.2. The molecule has 0 saturated carbocycles. The van der Waals surface area contributed by atoms with E-state index in [0.29, 0.717) is 12.6 Å². The lowest BCUT2D eigenvalue weighted by molar-refractivity contribution is 0.259. The number of halogens is 1. The molecule has 0 bridgehead atoms. The second kappa shape index (κ2) is 14.3. The molecule has 0 fully saturated rings. The molecule has 0 heterocycles. The maximum absolute atomic E-state index is 5.67. The van der Waals surface area contributed by atoms with Crippen LogP contribution in [0.2, 0.25) is 0 Å². The van der Waals surface area contributed by atoms with E-state index >= 15 is 0 Å². The van der Waals surface area contributed by atoms with Crippen molar-refractivity contribution in [3.8, 4) is 5.75 Å². The highest BCUT2D eigenvalue weighted by atomic mass is 127. The largest absolute Gasteiger partial charge is 0.492 e. The molecule has 5 nitrogen and oxygen atoms in total. The molecule has 0 spiro atoms. The number of nitrogens with zero attached hydrogens (tertiary/aromatic N) is 2. The van der Waals surface area contributed by atoms with Crippen LogP contribution in [0.25, 0.3) is 0 Å². The third-order valence-corrected chi connectivity index (χ3v) is 3.82. The topological polar surface area (TPSA) is 48.9 Å². The van der Waals surface area contributed by atoms with Crippen LogP contribution >= 0.6 is 24.0 Å². The zero-order valence-corrected chi connectivity index (χ0v) is 17.7. The maximum Gasteiger partial charge on any atom is 0.191 e. The first kappa shape index (κ1) is 23.0. The van der Waals surface area contributed by atoms with Crippen LogP contribution in [0.1, 0.15) is 27.2 Å². The first-order valence-electron chi connectivity index (χ1n) is 8.57. The van der Waals surface area contributed by atoms with Gasteiger partial charge in [-0.2, -0.15) is 0 Å². The van der Waals surface area contributed by atoms with E-state index in [9.17, 15) is 0 Å². The third-order valence-electron chi connectivity index (χ3n) is 3.82. The lowest BCUT2D eigenvalue weighted by Crippen LogP contribution is -2.40. The van der Waals surface area contributed by atoms with Crippen molar-refractivity contribution in [1.82, 2.24) is 15.5 Å². The van der Waals surface area contributed by atoms with E-state index in [-0.39, 0.29) is 24.0 Å². The molecule has 0 aliphatic heterocycles. The number of aliphatic imine (C=N–C) groups is 1. The normalized spacial score (nSPS) is 12.5. The minimum Gasteiger partial charge on any atom is -0.492 e. The fourth-order valence-electron chi connectivity index (χ4n) is 2.05. The van der Waals surface area contributed by atoms with Crippen molar-refractivity contribution in [3.05, 3.63) is 30.3 Å². The predicted molar refractivity (Wildman–Crippen MR) is 114 cm³/mol. The summed E-state index contributed by atoms with van der Waals surface area (Å²) >= 11 is 0. The molecule has 1 aromatic rings. The number of para-hydroxylation sites is 1. The van der Waals surface area contributed by atoms with E-state index in [0.717, 1.165) is 44.3 Å². The van der Waals surface area contributed by atoms with Crippen LogP contribution in [0.15, 0.2) is 35.3 Å². The van der Waals surface area contributed by atoms with Gasteiger partial charge in [0.05, 0.1) is 13.1 Å². The Bertz CT molecular complexity index is 442. The van der Waals surface area contributed by atoms with Crippen LogP contribution in [-0.2, 0) is 0 Å². The smallest absolute Gasteiger partial charge is 0.191 e. The monoisotopic (exact) mass is 448 g/mol. The van der Waals surface area contributed by atoms with E-state index in [1.54, 1.807) is 0 Å². The zero-order valence-electron chi connectivity index (χ0n) is 15.4. The molecule has 2 N–H and O–H groups in total. The number of guanidine groups is 1. The maximum atomic E-state index is 5.67. The van der Waals surface area contributed by atoms with Gasteiger partial charge in [0, 0.05) is 19.1 Å². The zero-order chi connectivity index (χ0) is 16.9. The SMILES string of the molecule is CCNC(=NCCN(C)C(C)CC)NCCOc1ccccc1.I. The predicted octanol–water partition coefficient (Wildman–Crippen LogP) is 2.97. The molecule has 138 valence electrons. The Labute approximate surface area is 164 Å². The van der Waals surface area contributed by atoms with Crippen LogP contribution in [0.5, 0.6) is 5.75 Å². The number of hydrogen-bond donors (Lipinski definition) is 2. The van der Waals surface area contributed by atoms with Gasteiger partial charge in [0.15, 0.2) is 5.96 Å². The Hall–Kier alpha value is -1.02. The Morgan fingerprint density at radius 3 is 2.54 bits per heavy atom. The van der Waals surface area contributed by atoms with Crippen LogP contribution in [0, 0.1) is 0 Å². The van der Waals surface area contributed by atoms with E-state index < -0.39 is 0 Å². The van der Waals surface area contributed by atoms with Crippen LogP contribution in [0.4, 0.5) is 0 Å². The number of benzene rings is 1. The van der Waals surface area contributed by atoms with Crippen molar-refractivity contribution < 1.29 is 4.74 Å². The minimum absolute atomic E-state index is 0. The molecule has 0 amide bonds. The van der Waals surface area contributed by atoms with Gasteiger partial charge < -0.3 is 20.3 Å². The van der Waals surface area contributed by atoms with Crippen molar-refractivity contribution in [2.75, 3.05) is 39.8 Å². The molecule has 1 unspecified atom stereocenters. The van der Waals surface area contributed by atoms with Crippen molar-refractivity contribution in [3.63, 3.8) is 0 Å². The fourth-order valence-corrected chi connectivity index (χ4v) is 2.05. The summed E-state index contributed by atoms with van der Waals surface area (Å²) in [5.41, 5.74) is 0. The highest BCUT2D eigenvalue weighted by Gasteiger charge is 2.05. The van der Waals surface area contributed by atoms with E-state index in [1.165, 1.54) is 0 Å². The average Bonchev–Trinajstić information content (AvgIpc) is 2.58. The summed E-state index contributed by atoms with van der Waals surface area (Å²) in [4.78, 5) is 6.95. The Balaban J connectivity index is 0.00000529. The highest BCUT2D eigenvalue weighted by Crippen LogP contribution is 2.07. The summed E-state index contributed by atoms with van der Waals surface area (Å²) in [5, 5.41) is 6.57. The highest BCUT2D eigenvalue weighted by molar-refractivity contribution is 14.0. The molecular formula is C18H33IN4O. The van der Waals surface area contributed by atoms with Crippen LogP contribution in [-0.4, -0.2) is 56.7 Å². The number of nitrogens with one attached hydrogen (secondary N) is 2. The van der Waals surface area contributed by atoms with Crippen LogP contribution in [0.3, 0.4) is 0 Å². The van der Waals surface area contributed by atoms with Crippen molar-refractivity contribution in [2.45, 2.75) is 33.2 Å². The summed E-state index contributed by atoms with van der Waals surface area (Å²) in [7, 11) is 2.15. The summed E-state index contributed by atoms with van der Waals surface area (Å²) in [6.07, 6.45) is 1.16. The second-order valence-corrected chi connectivity index (χ2v) is 5.59. The number of ether oxygens (including phenoxy) is 1. The van der Waals surface area contributed by atoms with Gasteiger partial charge in [0.2, 0.25) is 0 Å². The van der Waals surface area contributed by atoms with Gasteiger partial charge in [0.25, 0.3) is 0 Å². The average molecular weight is 448 g/mol. The molecule has 24 heavy (non-hydrogen) atoms. The number of rotatable bonds is 10. The molecule has 0 saturated heterocycles. The van der Waals surface area contributed by atoms with E-state index in [1.807, 2.05) is 30.3 Å². The molecule has 1 rings (SSSR count). The Morgan fingerprint density at radius 1 is 1.21 bits per heavy atom. The molecule has 0 radical (unpaired) electrons. The summed E-state index contributed by atoms with van der Waals surface area (Å²) in [6, 6.07) is 10.5. The molecule has 1 aromatic carbocycles. The quantitative estimate of drug-likeness (QED) is 0.250. The Morgan fingerprint density at radius 2 is 1.92 bits per heavy atom. The minimum atomic E-state index is 0. The van der Waals surface area contributed by atoms with E-state index in [4.69, 9.17) is 4.74 Å². The van der Waals surface area contributed by atoms with Crippen molar-refractivity contribution in [1.29, 1.82) is 0 Å². The number of likely N-dealkylation sites (N-methyl/N-ethyl adjacent to an activating group) is 1. The van der Waals surface area contributed by atoms with Gasteiger partial charge in [-0.25, -0.2) is 0 Å².